The molecule has 1 aliphatic carbocycles. The Morgan fingerprint density at radius 2 is 2.05 bits per heavy atom. The van der Waals surface area contributed by atoms with E-state index in [0.29, 0.717) is 29.9 Å². The number of sulfone groups is 1. The summed E-state index contributed by atoms with van der Waals surface area (Å²) in [4.78, 5) is 9.19. The Bertz CT molecular complexity index is 1570. The van der Waals surface area contributed by atoms with Crippen LogP contribution in [-0.4, -0.2) is 48.1 Å². The first-order valence-corrected chi connectivity index (χ1v) is 16.6. The maximum Gasteiger partial charge on any atom is 0.209 e. The Balaban J connectivity index is 1.41. The van der Waals surface area contributed by atoms with E-state index in [0.717, 1.165) is 21.8 Å². The minimum Gasteiger partial charge on any atom is -0.364 e. The first-order valence-electron chi connectivity index (χ1n) is 12.6. The third-order valence-electron chi connectivity index (χ3n) is 6.63. The number of thiazole rings is 1. The van der Waals surface area contributed by atoms with Crippen molar-refractivity contribution in [3.05, 3.63) is 93.8 Å². The number of hydrogen-bond donors (Lipinski definition) is 3. The lowest BCUT2D eigenvalue weighted by Gasteiger charge is -2.42. The van der Waals surface area contributed by atoms with Gasteiger partial charge in [-0.1, -0.05) is 48.6 Å². The van der Waals surface area contributed by atoms with Crippen LogP contribution in [-0.2, 0) is 33.4 Å². The Hall–Kier alpha value is -2.49. The van der Waals surface area contributed by atoms with Gasteiger partial charge in [-0.05, 0) is 46.4 Å². The highest BCUT2D eigenvalue weighted by atomic mass is 127. The summed E-state index contributed by atoms with van der Waals surface area (Å²) in [6.07, 6.45) is 6.74. The lowest BCUT2D eigenvalue weighted by molar-refractivity contribution is 0.00932. The molecule has 0 spiro atoms. The quantitative estimate of drug-likeness (QED) is 0.163. The third-order valence-corrected chi connectivity index (χ3v) is 9.35. The number of aliphatic imine (C=N–C) groups is 1. The van der Waals surface area contributed by atoms with Crippen LogP contribution in [0.2, 0.25) is 0 Å². The average Bonchev–Trinajstić information content (AvgIpc) is 3.39. The van der Waals surface area contributed by atoms with Gasteiger partial charge in [0, 0.05) is 41.4 Å². The van der Waals surface area contributed by atoms with Crippen molar-refractivity contribution in [2.24, 2.45) is 10.7 Å². The molecule has 2 heterocycles. The molecule has 3 atom stereocenters. The highest BCUT2D eigenvalue weighted by Gasteiger charge is 2.48. The zero-order chi connectivity index (χ0) is 28.4. The molecule has 8 nitrogen and oxygen atoms in total. The number of fused-ring (bicyclic) bond motifs is 1. The number of nitrogens with zero attached hydrogens (tertiary/aromatic N) is 2. The monoisotopic (exact) mass is 693 g/mol. The molecule has 0 saturated heterocycles. The van der Waals surface area contributed by atoms with E-state index in [9.17, 15) is 8.42 Å². The fraction of sp³-hybridized carbons (Fsp3) is 0.286. The summed E-state index contributed by atoms with van der Waals surface area (Å²) in [7, 11) is -3.03. The smallest absolute Gasteiger partial charge is 0.209 e. The van der Waals surface area contributed by atoms with Gasteiger partial charge in [-0.15, -0.1) is 11.3 Å². The molecule has 3 unspecified atom stereocenters. The molecular weight excluding hydrogens is 664 g/mol. The standard InChI is InChI=1S/C28H29FIN5O3S2/c1-40(36,37)13-12-32-15-25-35-24(17-39-25)20-9-10-23-22(14-20)28(31,34-18-33-23)21-8-5-11-27(29,30)26(21)38-16-19-6-3-2-4-7-19/h2-11,14,17-18,26,32H,12-13,15-16,31H2,1H3,(H,33,34). The van der Waals surface area contributed by atoms with Gasteiger partial charge in [-0.3, -0.25) is 0 Å². The zero-order valence-electron chi connectivity index (χ0n) is 21.7. The van der Waals surface area contributed by atoms with Crippen LogP contribution >= 0.6 is 33.9 Å². The number of rotatable bonds is 10. The maximum absolute atomic E-state index is 15.9. The molecule has 210 valence electrons. The van der Waals surface area contributed by atoms with E-state index in [-0.39, 0.29) is 12.4 Å². The average molecular weight is 694 g/mol. The number of allylic oxidation sites excluding steroid dienone is 2. The first kappa shape index (κ1) is 29.0. The van der Waals surface area contributed by atoms with Crippen LogP contribution in [0.25, 0.3) is 11.3 Å². The van der Waals surface area contributed by atoms with Crippen LogP contribution in [0.5, 0.6) is 0 Å². The van der Waals surface area contributed by atoms with E-state index in [2.05, 4.69) is 15.6 Å². The van der Waals surface area contributed by atoms with Gasteiger partial charge in [-0.25, -0.2) is 22.8 Å². The minimum atomic E-state index is -3.03. The molecule has 0 bridgehead atoms. The number of hydrogen-bond acceptors (Lipinski definition) is 9. The third kappa shape index (κ3) is 6.52. The fourth-order valence-electron chi connectivity index (χ4n) is 4.58. The number of ether oxygens (including phenoxy) is 1. The van der Waals surface area contributed by atoms with Gasteiger partial charge in [0.25, 0.3) is 0 Å². The van der Waals surface area contributed by atoms with E-state index in [1.807, 2.05) is 53.9 Å². The molecular formula is C28H29FIN5O3S2. The van der Waals surface area contributed by atoms with Crippen molar-refractivity contribution >= 4 is 55.8 Å². The van der Waals surface area contributed by atoms with Crippen LogP contribution in [0, 0.1) is 0 Å². The van der Waals surface area contributed by atoms with Gasteiger partial charge >= 0.3 is 0 Å². The molecule has 2 aliphatic rings. The van der Waals surface area contributed by atoms with Gasteiger partial charge in [0.2, 0.25) is 3.68 Å². The van der Waals surface area contributed by atoms with Gasteiger partial charge in [0.1, 0.15) is 26.6 Å². The van der Waals surface area contributed by atoms with Crippen LogP contribution in [0.4, 0.5) is 10.1 Å². The lowest BCUT2D eigenvalue weighted by Crippen LogP contribution is -2.58. The number of nitrogens with one attached hydrogen (secondary N) is 2. The highest BCUT2D eigenvalue weighted by molar-refractivity contribution is 14.1. The molecule has 1 aliphatic heterocycles. The largest absolute Gasteiger partial charge is 0.364 e. The number of nitrogens with two attached hydrogens (primary N) is 1. The molecule has 0 radical (unpaired) electrons. The Labute approximate surface area is 250 Å². The van der Waals surface area contributed by atoms with Crippen molar-refractivity contribution in [2.75, 3.05) is 18.6 Å². The van der Waals surface area contributed by atoms with Crippen molar-refractivity contribution in [2.45, 2.75) is 28.6 Å². The molecule has 12 heteroatoms. The number of aromatic nitrogens is 1. The summed E-state index contributed by atoms with van der Waals surface area (Å²) in [5, 5.41) is 9.07. The molecule has 1 aromatic heterocycles. The Kier molecular flexibility index (Phi) is 8.55. The van der Waals surface area contributed by atoms with E-state index in [1.54, 1.807) is 34.7 Å². The van der Waals surface area contributed by atoms with Crippen molar-refractivity contribution in [1.29, 1.82) is 0 Å². The van der Waals surface area contributed by atoms with Crippen LogP contribution in [0.1, 0.15) is 16.1 Å². The van der Waals surface area contributed by atoms with Crippen LogP contribution in [0.3, 0.4) is 0 Å². The zero-order valence-corrected chi connectivity index (χ0v) is 25.5. The molecule has 4 N–H and O–H groups in total. The molecule has 0 amide bonds. The number of alkyl halides is 2. The van der Waals surface area contributed by atoms with Crippen molar-refractivity contribution < 1.29 is 17.5 Å². The van der Waals surface area contributed by atoms with Crippen LogP contribution in [0.15, 0.2) is 82.7 Å². The van der Waals surface area contributed by atoms with Gasteiger partial charge in [0.15, 0.2) is 0 Å². The molecule has 3 aromatic rings. The minimum absolute atomic E-state index is 0.0701. The van der Waals surface area contributed by atoms with Crippen molar-refractivity contribution in [1.82, 2.24) is 15.6 Å². The summed E-state index contributed by atoms with van der Waals surface area (Å²) in [5.41, 5.74) is 10.2. The molecule has 2 aromatic carbocycles. The van der Waals surface area contributed by atoms with Crippen LogP contribution < -0.4 is 16.4 Å². The highest BCUT2D eigenvalue weighted by Crippen LogP contribution is 2.45. The fourth-order valence-corrected chi connectivity index (χ4v) is 6.59. The van der Waals surface area contributed by atoms with E-state index < -0.39 is 25.3 Å². The summed E-state index contributed by atoms with van der Waals surface area (Å²) in [5.74, 6) is 0.0701. The second-order valence-corrected chi connectivity index (χ2v) is 14.6. The number of halogens is 2. The summed E-state index contributed by atoms with van der Waals surface area (Å²) >= 11 is 3.25. The summed E-state index contributed by atoms with van der Waals surface area (Å²) in [6.45, 7) is 1.05. The van der Waals surface area contributed by atoms with Gasteiger partial charge in [0.05, 0.1) is 30.1 Å². The topological polar surface area (TPSA) is 119 Å². The molecule has 0 fully saturated rings. The first-order chi connectivity index (χ1) is 19.1. The van der Waals surface area contributed by atoms with Crippen molar-refractivity contribution in [3.8, 4) is 11.3 Å². The Morgan fingerprint density at radius 3 is 2.83 bits per heavy atom. The molecule has 5 rings (SSSR count). The van der Waals surface area contributed by atoms with E-state index in [4.69, 9.17) is 15.5 Å². The maximum atomic E-state index is 15.9. The van der Waals surface area contributed by atoms with Gasteiger partial charge in [-0.2, -0.15) is 0 Å². The SMILES string of the molecule is CS(=O)(=O)CCNCc1nc(-c2ccc3c(c2)C(N)(C2=CC=CC(F)(I)C2OCc2ccccc2)NC=N3)cs1. The Morgan fingerprint density at radius 1 is 1.25 bits per heavy atom. The summed E-state index contributed by atoms with van der Waals surface area (Å²) in [6, 6.07) is 15.3. The lowest BCUT2D eigenvalue weighted by atomic mass is 9.82. The van der Waals surface area contributed by atoms with Crippen molar-refractivity contribution in [3.63, 3.8) is 0 Å². The molecule has 0 saturated carbocycles. The van der Waals surface area contributed by atoms with E-state index in [1.165, 1.54) is 30.0 Å². The summed E-state index contributed by atoms with van der Waals surface area (Å²) < 4.78 is 43.0. The second kappa shape index (κ2) is 11.8. The second-order valence-electron chi connectivity index (χ2n) is 9.71. The normalized spacial score (nSPS) is 23.9. The van der Waals surface area contributed by atoms with E-state index >= 15 is 4.39 Å². The van der Waals surface area contributed by atoms with Gasteiger partial charge < -0.3 is 21.1 Å². The molecule has 40 heavy (non-hydrogen) atoms. The predicted molar refractivity (Wildman–Crippen MR) is 166 cm³/mol. The predicted octanol–water partition coefficient (Wildman–Crippen LogP) is 4.50. The number of benzene rings is 2.